The third-order valence-corrected chi connectivity index (χ3v) is 2.50. The topological polar surface area (TPSA) is 0 Å². The minimum absolute atomic E-state index is 0.565. The Morgan fingerprint density at radius 3 is 2.40 bits per heavy atom. The van der Waals surface area contributed by atoms with Crippen LogP contribution >= 0.6 is 0 Å². The Kier molecular flexibility index (Phi) is 2.53. The Hall–Kier alpha value is -0.260. The fourth-order valence-electron chi connectivity index (χ4n) is 1.75. The second kappa shape index (κ2) is 3.23. The van der Waals surface area contributed by atoms with Gasteiger partial charge in [-0.05, 0) is 24.7 Å². The molecule has 0 saturated heterocycles. The first-order valence-corrected chi connectivity index (χ1v) is 4.44. The van der Waals surface area contributed by atoms with Gasteiger partial charge in [0, 0.05) is 0 Å². The van der Waals surface area contributed by atoms with E-state index in [1.165, 1.54) is 32.1 Å². The Morgan fingerprint density at radius 2 is 1.90 bits per heavy atom. The molecule has 58 valence electrons. The summed E-state index contributed by atoms with van der Waals surface area (Å²) in [6.07, 6.45) is 11.6. The van der Waals surface area contributed by atoms with E-state index >= 15 is 0 Å². The van der Waals surface area contributed by atoms with Gasteiger partial charge in [-0.1, -0.05) is 38.8 Å². The third-order valence-electron chi connectivity index (χ3n) is 2.50. The minimum Gasteiger partial charge on any atom is -0.0883 e. The highest BCUT2D eigenvalue weighted by atomic mass is 14.3. The zero-order valence-corrected chi connectivity index (χ0v) is 7.19. The molecule has 0 unspecified atom stereocenters. The van der Waals surface area contributed by atoms with Crippen molar-refractivity contribution in [2.24, 2.45) is 5.41 Å². The summed E-state index contributed by atoms with van der Waals surface area (Å²) in [4.78, 5) is 0. The van der Waals surface area contributed by atoms with Gasteiger partial charge in [0.15, 0.2) is 0 Å². The molecular weight excluding hydrogens is 120 g/mol. The van der Waals surface area contributed by atoms with E-state index in [-0.39, 0.29) is 0 Å². The highest BCUT2D eigenvalue weighted by molar-refractivity contribution is 4.99. The van der Waals surface area contributed by atoms with E-state index in [1.54, 1.807) is 0 Å². The van der Waals surface area contributed by atoms with Gasteiger partial charge >= 0.3 is 0 Å². The number of rotatable bonds is 2. The van der Waals surface area contributed by atoms with Crippen LogP contribution in [0.15, 0.2) is 12.2 Å². The molecule has 0 aromatic rings. The van der Waals surface area contributed by atoms with Crippen molar-refractivity contribution in [3.8, 4) is 0 Å². The lowest BCUT2D eigenvalue weighted by Crippen LogP contribution is -2.05. The maximum atomic E-state index is 2.42. The standard InChI is InChI=1S/C10H18/c1-3-4-7-10(2)8-5-6-9-10/h4,7H,3,5-6,8-9H2,1-2H3/b7-4-. The molecule has 0 heterocycles. The van der Waals surface area contributed by atoms with Crippen LogP contribution in [-0.4, -0.2) is 0 Å². The van der Waals surface area contributed by atoms with Crippen LogP contribution in [-0.2, 0) is 0 Å². The van der Waals surface area contributed by atoms with Crippen LogP contribution in [0.2, 0.25) is 0 Å². The van der Waals surface area contributed by atoms with Gasteiger partial charge in [-0.2, -0.15) is 0 Å². The van der Waals surface area contributed by atoms with Crippen molar-refractivity contribution in [2.45, 2.75) is 46.0 Å². The van der Waals surface area contributed by atoms with Crippen LogP contribution in [0.25, 0.3) is 0 Å². The molecule has 0 heteroatoms. The van der Waals surface area contributed by atoms with Crippen LogP contribution in [0.4, 0.5) is 0 Å². The van der Waals surface area contributed by atoms with Gasteiger partial charge in [-0.3, -0.25) is 0 Å². The summed E-state index contributed by atoms with van der Waals surface area (Å²) in [6.45, 7) is 4.58. The summed E-state index contributed by atoms with van der Waals surface area (Å²) in [6, 6.07) is 0. The van der Waals surface area contributed by atoms with Crippen LogP contribution < -0.4 is 0 Å². The molecule has 1 fully saturated rings. The van der Waals surface area contributed by atoms with Crippen LogP contribution in [0.5, 0.6) is 0 Å². The van der Waals surface area contributed by atoms with E-state index in [2.05, 4.69) is 26.0 Å². The fourth-order valence-corrected chi connectivity index (χ4v) is 1.75. The molecule has 0 radical (unpaired) electrons. The predicted octanol–water partition coefficient (Wildman–Crippen LogP) is 3.53. The summed E-state index contributed by atoms with van der Waals surface area (Å²) >= 11 is 0. The summed E-state index contributed by atoms with van der Waals surface area (Å²) < 4.78 is 0. The minimum atomic E-state index is 0.565. The summed E-state index contributed by atoms with van der Waals surface area (Å²) in [5, 5.41) is 0. The number of hydrogen-bond donors (Lipinski definition) is 0. The Balaban J connectivity index is 2.43. The van der Waals surface area contributed by atoms with Crippen molar-refractivity contribution in [3.05, 3.63) is 12.2 Å². The van der Waals surface area contributed by atoms with Crippen molar-refractivity contribution in [1.29, 1.82) is 0 Å². The van der Waals surface area contributed by atoms with Gasteiger partial charge in [0.05, 0.1) is 0 Å². The monoisotopic (exact) mass is 138 g/mol. The first kappa shape index (κ1) is 7.84. The Morgan fingerprint density at radius 1 is 1.30 bits per heavy atom. The molecule has 1 aliphatic carbocycles. The molecule has 0 nitrogen and oxygen atoms in total. The molecule has 0 amide bonds. The molecule has 0 aromatic carbocycles. The molecule has 1 aliphatic rings. The molecule has 0 aromatic heterocycles. The van der Waals surface area contributed by atoms with Gasteiger partial charge in [0.1, 0.15) is 0 Å². The largest absolute Gasteiger partial charge is 0.0883 e. The molecule has 0 spiro atoms. The van der Waals surface area contributed by atoms with Crippen molar-refractivity contribution >= 4 is 0 Å². The first-order chi connectivity index (χ1) is 4.77. The van der Waals surface area contributed by atoms with E-state index in [9.17, 15) is 0 Å². The van der Waals surface area contributed by atoms with Crippen LogP contribution in [0.3, 0.4) is 0 Å². The maximum Gasteiger partial charge on any atom is -0.0147 e. The van der Waals surface area contributed by atoms with Crippen molar-refractivity contribution < 1.29 is 0 Å². The molecule has 0 bridgehead atoms. The van der Waals surface area contributed by atoms with Crippen molar-refractivity contribution in [3.63, 3.8) is 0 Å². The smallest absolute Gasteiger partial charge is 0.0147 e. The molecule has 10 heavy (non-hydrogen) atoms. The van der Waals surface area contributed by atoms with E-state index in [0.29, 0.717) is 5.41 Å². The first-order valence-electron chi connectivity index (χ1n) is 4.44. The number of hydrogen-bond acceptors (Lipinski definition) is 0. The molecule has 1 saturated carbocycles. The van der Waals surface area contributed by atoms with E-state index in [1.807, 2.05) is 0 Å². The average Bonchev–Trinajstić information content (AvgIpc) is 2.33. The lowest BCUT2D eigenvalue weighted by molar-refractivity contribution is 0.445. The maximum absolute atomic E-state index is 2.42. The predicted molar refractivity (Wildman–Crippen MR) is 46.0 cm³/mol. The average molecular weight is 138 g/mol. The Bertz CT molecular complexity index is 116. The van der Waals surface area contributed by atoms with E-state index in [0.717, 1.165) is 0 Å². The van der Waals surface area contributed by atoms with E-state index in [4.69, 9.17) is 0 Å². The second-order valence-electron chi connectivity index (χ2n) is 3.67. The van der Waals surface area contributed by atoms with Gasteiger partial charge in [-0.25, -0.2) is 0 Å². The second-order valence-corrected chi connectivity index (χ2v) is 3.67. The molecule has 0 atom stereocenters. The molecular formula is C10H18. The lowest BCUT2D eigenvalue weighted by atomic mass is 9.88. The number of allylic oxidation sites excluding steroid dienone is 2. The van der Waals surface area contributed by atoms with Crippen molar-refractivity contribution in [1.82, 2.24) is 0 Å². The normalized spacial score (nSPS) is 24.2. The van der Waals surface area contributed by atoms with Gasteiger partial charge < -0.3 is 0 Å². The van der Waals surface area contributed by atoms with Crippen LogP contribution in [0.1, 0.15) is 46.0 Å². The summed E-state index contributed by atoms with van der Waals surface area (Å²) in [5.41, 5.74) is 0.565. The fraction of sp³-hybridized carbons (Fsp3) is 0.800. The third kappa shape index (κ3) is 1.86. The lowest BCUT2D eigenvalue weighted by Gasteiger charge is -2.17. The van der Waals surface area contributed by atoms with E-state index < -0.39 is 0 Å². The van der Waals surface area contributed by atoms with Crippen LogP contribution in [0, 0.1) is 5.41 Å². The highest BCUT2D eigenvalue weighted by Crippen LogP contribution is 2.38. The zero-order valence-electron chi connectivity index (χ0n) is 7.19. The quantitative estimate of drug-likeness (QED) is 0.512. The highest BCUT2D eigenvalue weighted by Gasteiger charge is 2.24. The zero-order chi connectivity index (χ0) is 7.45. The van der Waals surface area contributed by atoms with Gasteiger partial charge in [-0.15, -0.1) is 0 Å². The Labute approximate surface area is 64.3 Å². The molecule has 1 rings (SSSR count). The molecule has 0 N–H and O–H groups in total. The van der Waals surface area contributed by atoms with Crippen molar-refractivity contribution in [2.75, 3.05) is 0 Å². The molecule has 0 aliphatic heterocycles. The van der Waals surface area contributed by atoms with Gasteiger partial charge in [0.2, 0.25) is 0 Å². The van der Waals surface area contributed by atoms with Gasteiger partial charge in [0.25, 0.3) is 0 Å². The summed E-state index contributed by atoms with van der Waals surface area (Å²) in [5.74, 6) is 0. The summed E-state index contributed by atoms with van der Waals surface area (Å²) in [7, 11) is 0. The SMILES string of the molecule is CC/C=C\C1(C)CCCC1.